The first-order valence-corrected chi connectivity index (χ1v) is 13.4. The lowest BCUT2D eigenvalue weighted by molar-refractivity contribution is -0.149. The van der Waals surface area contributed by atoms with Gasteiger partial charge in [0.25, 0.3) is 0 Å². The highest BCUT2D eigenvalue weighted by molar-refractivity contribution is 7.19. The maximum absolute atomic E-state index is 13.4. The van der Waals surface area contributed by atoms with Crippen LogP contribution in [0.4, 0.5) is 13.2 Å². The highest BCUT2D eigenvalue weighted by Crippen LogP contribution is 2.33. The molecule has 0 saturated carbocycles. The van der Waals surface area contributed by atoms with E-state index in [0.29, 0.717) is 9.21 Å². The second kappa shape index (κ2) is 13.0. The van der Waals surface area contributed by atoms with Crippen molar-refractivity contribution in [3.05, 3.63) is 62.3 Å². The van der Waals surface area contributed by atoms with Crippen LogP contribution in [-0.2, 0) is 43.1 Å². The van der Waals surface area contributed by atoms with Crippen LogP contribution < -0.4 is 11.0 Å². The Balaban J connectivity index is 1.95. The SMILES string of the molecule is COCCn1c(-c2ccc(Cl)s2)nn(CC(=O)CC(C(=O)NC(C)(C)C(=O)OC)c2cccc(C(F)(F)F)c2)c1=O. The van der Waals surface area contributed by atoms with Crippen molar-refractivity contribution in [2.24, 2.45) is 0 Å². The Morgan fingerprint density at radius 1 is 1.15 bits per heavy atom. The van der Waals surface area contributed by atoms with Gasteiger partial charge in [-0.25, -0.2) is 14.3 Å². The second-order valence-corrected chi connectivity index (χ2v) is 11.3. The van der Waals surface area contributed by atoms with E-state index < -0.39 is 59.5 Å². The number of ketones is 1. The zero-order valence-corrected chi connectivity index (χ0v) is 24.2. The molecule has 222 valence electrons. The smallest absolute Gasteiger partial charge is 0.416 e. The molecule has 1 unspecified atom stereocenters. The molecule has 1 N–H and O–H groups in total. The number of Topliss-reactive ketones (excluding diaryl/α,β-unsaturated/α-hetero) is 1. The van der Waals surface area contributed by atoms with Gasteiger partial charge in [-0.05, 0) is 37.6 Å². The Kier molecular flexibility index (Phi) is 10.2. The highest BCUT2D eigenvalue weighted by atomic mass is 35.5. The minimum absolute atomic E-state index is 0.0989. The first-order chi connectivity index (χ1) is 19.2. The number of ether oxygens (including phenoxy) is 2. The molecule has 0 radical (unpaired) electrons. The van der Waals surface area contributed by atoms with Gasteiger partial charge in [0.05, 0.1) is 41.0 Å². The maximum Gasteiger partial charge on any atom is 0.416 e. The normalized spacial score (nSPS) is 12.7. The van der Waals surface area contributed by atoms with Gasteiger partial charge in [-0.2, -0.15) is 13.2 Å². The summed E-state index contributed by atoms with van der Waals surface area (Å²) in [5.74, 6) is -3.50. The number of esters is 1. The number of amides is 1. The molecule has 0 saturated heterocycles. The second-order valence-electron chi connectivity index (χ2n) is 9.54. The van der Waals surface area contributed by atoms with Crippen LogP contribution in [0.15, 0.2) is 41.2 Å². The van der Waals surface area contributed by atoms with E-state index >= 15 is 0 Å². The van der Waals surface area contributed by atoms with Crippen molar-refractivity contribution in [3.8, 4) is 10.7 Å². The standard InChI is InChI=1S/C26H28ClF3N4O6S/c1-25(2,23(37)40-4)31-22(36)18(15-6-5-7-16(12-15)26(28,29)30)13-17(35)14-34-24(38)33(10-11-39-3)21(32-34)19-8-9-20(27)41-19/h5-9,12,18H,10-11,13-14H2,1-4H3,(H,31,36). The van der Waals surface area contributed by atoms with E-state index in [1.165, 1.54) is 42.9 Å². The number of hydrogen-bond acceptors (Lipinski definition) is 8. The third-order valence-corrected chi connectivity index (χ3v) is 7.28. The minimum atomic E-state index is -4.70. The molecule has 0 aliphatic heterocycles. The number of halogens is 4. The molecular weight excluding hydrogens is 589 g/mol. The predicted molar refractivity (Wildman–Crippen MR) is 145 cm³/mol. The summed E-state index contributed by atoms with van der Waals surface area (Å²) in [5.41, 5.74) is -3.28. The first-order valence-electron chi connectivity index (χ1n) is 12.2. The van der Waals surface area contributed by atoms with Gasteiger partial charge in [0, 0.05) is 13.5 Å². The average molecular weight is 617 g/mol. The van der Waals surface area contributed by atoms with E-state index in [-0.39, 0.29) is 24.5 Å². The van der Waals surface area contributed by atoms with Gasteiger partial charge >= 0.3 is 17.8 Å². The fourth-order valence-corrected chi connectivity index (χ4v) is 5.04. The molecular formula is C26H28ClF3N4O6S. The fourth-order valence-electron chi connectivity index (χ4n) is 4.00. The molecule has 2 aromatic heterocycles. The van der Waals surface area contributed by atoms with Gasteiger partial charge in [0.15, 0.2) is 11.6 Å². The number of benzene rings is 1. The summed E-state index contributed by atoms with van der Waals surface area (Å²) in [5, 5.41) is 6.73. The van der Waals surface area contributed by atoms with Crippen molar-refractivity contribution < 1.29 is 37.0 Å². The van der Waals surface area contributed by atoms with Gasteiger partial charge in [0.1, 0.15) is 12.1 Å². The van der Waals surface area contributed by atoms with Crippen molar-refractivity contribution in [2.45, 2.75) is 51.0 Å². The van der Waals surface area contributed by atoms with Crippen LogP contribution in [0.25, 0.3) is 10.7 Å². The molecule has 1 atom stereocenters. The molecule has 0 aliphatic rings. The van der Waals surface area contributed by atoms with E-state index in [1.807, 2.05) is 0 Å². The molecule has 1 amide bonds. The van der Waals surface area contributed by atoms with Crippen molar-refractivity contribution in [1.82, 2.24) is 19.7 Å². The molecule has 10 nitrogen and oxygen atoms in total. The molecule has 41 heavy (non-hydrogen) atoms. The van der Waals surface area contributed by atoms with Gasteiger partial charge < -0.3 is 14.8 Å². The van der Waals surface area contributed by atoms with Crippen LogP contribution in [0.1, 0.15) is 37.3 Å². The number of aromatic nitrogens is 3. The van der Waals surface area contributed by atoms with E-state index in [9.17, 15) is 32.3 Å². The average Bonchev–Trinajstić information content (AvgIpc) is 3.47. The summed E-state index contributed by atoms with van der Waals surface area (Å²) < 4.78 is 52.7. The van der Waals surface area contributed by atoms with E-state index in [2.05, 4.69) is 15.2 Å². The summed E-state index contributed by atoms with van der Waals surface area (Å²) in [6, 6.07) is 7.30. The molecule has 0 bridgehead atoms. The maximum atomic E-state index is 13.4. The molecule has 3 aromatic rings. The molecule has 0 spiro atoms. The summed E-state index contributed by atoms with van der Waals surface area (Å²) in [4.78, 5) is 52.3. The van der Waals surface area contributed by atoms with Crippen LogP contribution >= 0.6 is 22.9 Å². The molecule has 0 aliphatic carbocycles. The monoisotopic (exact) mass is 616 g/mol. The predicted octanol–water partition coefficient (Wildman–Crippen LogP) is 3.90. The number of hydrogen-bond donors (Lipinski definition) is 1. The highest BCUT2D eigenvalue weighted by Gasteiger charge is 2.36. The lowest BCUT2D eigenvalue weighted by atomic mass is 9.90. The van der Waals surface area contributed by atoms with Gasteiger partial charge in [0.2, 0.25) is 5.91 Å². The number of rotatable bonds is 12. The van der Waals surface area contributed by atoms with Gasteiger partial charge in [-0.3, -0.25) is 14.2 Å². The Labute approximate surface area is 242 Å². The third-order valence-electron chi connectivity index (χ3n) is 6.06. The topological polar surface area (TPSA) is 122 Å². The molecule has 3 rings (SSSR count). The van der Waals surface area contributed by atoms with E-state index in [1.54, 1.807) is 12.1 Å². The number of methoxy groups -OCH3 is 2. The summed E-state index contributed by atoms with van der Waals surface area (Å²) in [6.45, 7) is 2.46. The summed E-state index contributed by atoms with van der Waals surface area (Å²) in [6.07, 6.45) is -5.28. The molecule has 2 heterocycles. The number of carbonyl (C=O) groups excluding carboxylic acids is 3. The zero-order chi connectivity index (χ0) is 30.5. The molecule has 15 heteroatoms. The fraction of sp³-hybridized carbons (Fsp3) is 0.423. The van der Waals surface area contributed by atoms with Gasteiger partial charge in [-0.15, -0.1) is 16.4 Å². The number of alkyl halides is 3. The largest absolute Gasteiger partial charge is 0.467 e. The number of nitrogens with zero attached hydrogens (tertiary/aromatic N) is 3. The lowest BCUT2D eigenvalue weighted by Gasteiger charge is -2.26. The zero-order valence-electron chi connectivity index (χ0n) is 22.6. The number of carbonyl (C=O) groups is 3. The van der Waals surface area contributed by atoms with E-state index in [0.717, 1.165) is 30.0 Å². The summed E-state index contributed by atoms with van der Waals surface area (Å²) >= 11 is 7.21. The first kappa shape index (κ1) is 32.0. The lowest BCUT2D eigenvalue weighted by Crippen LogP contribution is -2.52. The van der Waals surface area contributed by atoms with Crippen LogP contribution in [0.5, 0.6) is 0 Å². The van der Waals surface area contributed by atoms with E-state index in [4.69, 9.17) is 16.3 Å². The van der Waals surface area contributed by atoms with Gasteiger partial charge in [-0.1, -0.05) is 29.8 Å². The van der Waals surface area contributed by atoms with Crippen molar-refractivity contribution in [3.63, 3.8) is 0 Å². The Morgan fingerprint density at radius 2 is 1.85 bits per heavy atom. The van der Waals surface area contributed by atoms with Crippen molar-refractivity contribution >= 4 is 40.6 Å². The third kappa shape index (κ3) is 7.83. The molecule has 0 fully saturated rings. The van der Waals surface area contributed by atoms with Crippen LogP contribution in [0.3, 0.4) is 0 Å². The quantitative estimate of drug-likeness (QED) is 0.306. The molecule has 1 aromatic carbocycles. The van der Waals surface area contributed by atoms with Crippen molar-refractivity contribution in [2.75, 3.05) is 20.8 Å². The Morgan fingerprint density at radius 3 is 2.44 bits per heavy atom. The Hall–Kier alpha value is -3.49. The van der Waals surface area contributed by atoms with Crippen LogP contribution in [0, 0.1) is 0 Å². The summed E-state index contributed by atoms with van der Waals surface area (Å²) in [7, 11) is 2.58. The van der Waals surface area contributed by atoms with Crippen molar-refractivity contribution in [1.29, 1.82) is 0 Å². The number of nitrogens with one attached hydrogen (secondary N) is 1. The minimum Gasteiger partial charge on any atom is -0.467 e. The Bertz CT molecular complexity index is 1480. The number of thiophene rings is 1. The van der Waals surface area contributed by atoms with Crippen LogP contribution in [-0.4, -0.2) is 58.4 Å². The van der Waals surface area contributed by atoms with Crippen LogP contribution in [0.2, 0.25) is 4.34 Å².